The maximum absolute atomic E-state index is 12.9. The van der Waals surface area contributed by atoms with Gasteiger partial charge in [-0.1, -0.05) is 48.5 Å². The first-order chi connectivity index (χ1) is 10.8. The molecule has 3 heteroatoms. The van der Waals surface area contributed by atoms with Gasteiger partial charge in [0.15, 0.2) is 0 Å². The number of nitrogens with one attached hydrogen (secondary N) is 1. The first-order valence-electron chi connectivity index (χ1n) is 7.76. The quantitative estimate of drug-likeness (QED) is 0.756. The molecular weight excluding hydrogens is 272 g/mol. The summed E-state index contributed by atoms with van der Waals surface area (Å²) in [6.07, 6.45) is 2.10. The van der Waals surface area contributed by atoms with E-state index in [4.69, 9.17) is 0 Å². The summed E-state index contributed by atoms with van der Waals surface area (Å²) in [5.74, 6) is 0.0996. The number of fused-ring (bicyclic) bond motifs is 1. The summed E-state index contributed by atoms with van der Waals surface area (Å²) < 4.78 is 0. The molecule has 2 aromatic carbocycles. The lowest BCUT2D eigenvalue weighted by molar-refractivity contribution is 0.0730. The second-order valence-electron chi connectivity index (χ2n) is 5.84. The van der Waals surface area contributed by atoms with Gasteiger partial charge in [-0.05, 0) is 30.5 Å². The minimum atomic E-state index is 0.0996. The molecule has 1 aliphatic rings. The number of nitrogens with zero attached hydrogens (tertiary/aromatic N) is 1. The SMILES string of the molecule is O=C(c1cc2ccccc2[nH]1)N1CCC[C@H]1c1ccccc1. The van der Waals surface area contributed by atoms with Crippen LogP contribution >= 0.6 is 0 Å². The van der Waals surface area contributed by atoms with E-state index in [0.29, 0.717) is 5.69 Å². The van der Waals surface area contributed by atoms with E-state index in [2.05, 4.69) is 17.1 Å². The van der Waals surface area contributed by atoms with E-state index in [1.807, 2.05) is 53.4 Å². The zero-order valence-corrected chi connectivity index (χ0v) is 12.3. The molecule has 0 bridgehead atoms. The molecule has 110 valence electrons. The Morgan fingerprint density at radius 2 is 1.82 bits per heavy atom. The van der Waals surface area contributed by atoms with Gasteiger partial charge >= 0.3 is 0 Å². The van der Waals surface area contributed by atoms with E-state index >= 15 is 0 Å². The average Bonchev–Trinajstić information content (AvgIpc) is 3.21. The van der Waals surface area contributed by atoms with Crippen LogP contribution in [0.25, 0.3) is 10.9 Å². The Balaban J connectivity index is 1.66. The first-order valence-corrected chi connectivity index (χ1v) is 7.76. The van der Waals surface area contributed by atoms with Crippen molar-refractivity contribution in [1.29, 1.82) is 0 Å². The molecule has 0 radical (unpaired) electrons. The van der Waals surface area contributed by atoms with Gasteiger partial charge in [-0.3, -0.25) is 4.79 Å². The number of hydrogen-bond acceptors (Lipinski definition) is 1. The second-order valence-corrected chi connectivity index (χ2v) is 5.84. The summed E-state index contributed by atoms with van der Waals surface area (Å²) in [6, 6.07) is 20.5. The molecule has 1 aliphatic heterocycles. The summed E-state index contributed by atoms with van der Waals surface area (Å²) in [4.78, 5) is 18.1. The first kappa shape index (κ1) is 13.1. The van der Waals surface area contributed by atoms with E-state index in [-0.39, 0.29) is 11.9 Å². The number of para-hydroxylation sites is 1. The molecule has 1 fully saturated rings. The van der Waals surface area contributed by atoms with Crippen LogP contribution in [0.15, 0.2) is 60.7 Å². The Hall–Kier alpha value is -2.55. The Morgan fingerprint density at radius 3 is 2.64 bits per heavy atom. The molecule has 1 amide bonds. The summed E-state index contributed by atoms with van der Waals surface area (Å²) >= 11 is 0. The van der Waals surface area contributed by atoms with Crippen molar-refractivity contribution in [2.75, 3.05) is 6.54 Å². The molecule has 1 atom stereocenters. The van der Waals surface area contributed by atoms with Crippen molar-refractivity contribution >= 4 is 16.8 Å². The number of benzene rings is 2. The summed E-state index contributed by atoms with van der Waals surface area (Å²) in [7, 11) is 0. The van der Waals surface area contributed by atoms with Gasteiger partial charge in [0.2, 0.25) is 0 Å². The van der Waals surface area contributed by atoms with E-state index < -0.39 is 0 Å². The molecule has 2 heterocycles. The summed E-state index contributed by atoms with van der Waals surface area (Å²) in [6.45, 7) is 0.827. The predicted molar refractivity (Wildman–Crippen MR) is 87.8 cm³/mol. The number of rotatable bonds is 2. The van der Waals surface area contributed by atoms with E-state index in [1.165, 1.54) is 5.56 Å². The van der Waals surface area contributed by atoms with Crippen LogP contribution in [-0.2, 0) is 0 Å². The van der Waals surface area contributed by atoms with Crippen LogP contribution in [-0.4, -0.2) is 22.3 Å². The molecule has 1 aromatic heterocycles. The molecular formula is C19H18N2O. The highest BCUT2D eigenvalue weighted by Crippen LogP contribution is 2.33. The Morgan fingerprint density at radius 1 is 1.05 bits per heavy atom. The molecule has 3 nitrogen and oxygen atoms in total. The Bertz CT molecular complexity index is 773. The third kappa shape index (κ3) is 2.19. The van der Waals surface area contributed by atoms with Crippen LogP contribution < -0.4 is 0 Å². The monoisotopic (exact) mass is 290 g/mol. The van der Waals surface area contributed by atoms with Crippen LogP contribution in [0.1, 0.15) is 34.9 Å². The maximum Gasteiger partial charge on any atom is 0.270 e. The van der Waals surface area contributed by atoms with Gasteiger partial charge in [0.25, 0.3) is 5.91 Å². The molecule has 0 unspecified atom stereocenters. The molecule has 1 N–H and O–H groups in total. The largest absolute Gasteiger partial charge is 0.351 e. The number of carbonyl (C=O) groups excluding carboxylic acids is 1. The Kier molecular flexibility index (Phi) is 3.19. The van der Waals surface area contributed by atoms with Gasteiger partial charge in [-0.25, -0.2) is 0 Å². The molecule has 0 aliphatic carbocycles. The van der Waals surface area contributed by atoms with Crippen LogP contribution in [0.5, 0.6) is 0 Å². The number of hydrogen-bond donors (Lipinski definition) is 1. The van der Waals surface area contributed by atoms with Crippen molar-refractivity contribution in [2.24, 2.45) is 0 Å². The number of aromatic nitrogens is 1. The molecule has 3 aromatic rings. The highest BCUT2D eigenvalue weighted by Gasteiger charge is 2.31. The lowest BCUT2D eigenvalue weighted by atomic mass is 10.0. The van der Waals surface area contributed by atoms with E-state index in [1.54, 1.807) is 0 Å². The van der Waals surface area contributed by atoms with Gasteiger partial charge in [0.05, 0.1) is 6.04 Å². The van der Waals surface area contributed by atoms with Crippen LogP contribution in [0, 0.1) is 0 Å². The van der Waals surface area contributed by atoms with Gasteiger partial charge in [-0.15, -0.1) is 0 Å². The highest BCUT2D eigenvalue weighted by atomic mass is 16.2. The number of aromatic amines is 1. The lowest BCUT2D eigenvalue weighted by Gasteiger charge is -2.24. The van der Waals surface area contributed by atoms with Gasteiger partial charge < -0.3 is 9.88 Å². The number of H-pyrrole nitrogens is 1. The average molecular weight is 290 g/mol. The lowest BCUT2D eigenvalue weighted by Crippen LogP contribution is -2.30. The molecule has 0 saturated carbocycles. The van der Waals surface area contributed by atoms with Crippen LogP contribution in [0.3, 0.4) is 0 Å². The predicted octanol–water partition coefficient (Wildman–Crippen LogP) is 4.15. The summed E-state index contributed by atoms with van der Waals surface area (Å²) in [5.41, 5.74) is 2.93. The standard InChI is InChI=1S/C19H18N2O/c22-19(17-13-15-9-4-5-10-16(15)20-17)21-12-6-11-18(21)14-7-2-1-3-8-14/h1-5,7-10,13,18,20H,6,11-12H2/t18-/m0/s1. The third-order valence-corrected chi connectivity index (χ3v) is 4.46. The van der Waals surface area contributed by atoms with Crippen LogP contribution in [0.4, 0.5) is 0 Å². The van der Waals surface area contributed by atoms with Gasteiger partial charge in [-0.2, -0.15) is 0 Å². The smallest absolute Gasteiger partial charge is 0.270 e. The molecule has 1 saturated heterocycles. The normalized spacial score (nSPS) is 18.0. The van der Waals surface area contributed by atoms with Crippen molar-refractivity contribution in [2.45, 2.75) is 18.9 Å². The zero-order chi connectivity index (χ0) is 14.9. The van der Waals surface area contributed by atoms with Crippen molar-refractivity contribution in [1.82, 2.24) is 9.88 Å². The minimum absolute atomic E-state index is 0.0996. The fraction of sp³-hybridized carbons (Fsp3) is 0.211. The second kappa shape index (κ2) is 5.34. The van der Waals surface area contributed by atoms with E-state index in [9.17, 15) is 4.79 Å². The van der Waals surface area contributed by atoms with Crippen molar-refractivity contribution in [3.8, 4) is 0 Å². The third-order valence-electron chi connectivity index (χ3n) is 4.46. The molecule has 4 rings (SSSR count). The fourth-order valence-corrected chi connectivity index (χ4v) is 3.37. The summed E-state index contributed by atoms with van der Waals surface area (Å²) in [5, 5.41) is 1.08. The maximum atomic E-state index is 12.9. The van der Waals surface area contributed by atoms with Crippen LogP contribution in [0.2, 0.25) is 0 Å². The highest BCUT2D eigenvalue weighted by molar-refractivity contribution is 5.98. The Labute approximate surface area is 129 Å². The van der Waals surface area contributed by atoms with Gasteiger partial charge in [0, 0.05) is 17.4 Å². The van der Waals surface area contributed by atoms with Crippen molar-refractivity contribution in [3.05, 3.63) is 71.9 Å². The minimum Gasteiger partial charge on any atom is -0.351 e. The fourth-order valence-electron chi connectivity index (χ4n) is 3.37. The van der Waals surface area contributed by atoms with Crippen molar-refractivity contribution in [3.63, 3.8) is 0 Å². The number of carbonyl (C=O) groups is 1. The number of likely N-dealkylation sites (tertiary alicyclic amines) is 1. The van der Waals surface area contributed by atoms with E-state index in [0.717, 1.165) is 30.3 Å². The molecule has 0 spiro atoms. The topological polar surface area (TPSA) is 36.1 Å². The zero-order valence-electron chi connectivity index (χ0n) is 12.3. The van der Waals surface area contributed by atoms with Crippen molar-refractivity contribution < 1.29 is 4.79 Å². The number of amides is 1. The van der Waals surface area contributed by atoms with Gasteiger partial charge in [0.1, 0.15) is 5.69 Å². The molecule has 22 heavy (non-hydrogen) atoms.